The fraction of sp³-hybridized carbons (Fsp3) is 0.750. The first-order valence-corrected chi connectivity index (χ1v) is 5.57. The van der Waals surface area contributed by atoms with Crippen molar-refractivity contribution >= 4 is 5.91 Å². The fourth-order valence-corrected chi connectivity index (χ4v) is 1.94. The maximum absolute atomic E-state index is 11.5. The molecule has 0 spiro atoms. The zero-order chi connectivity index (χ0) is 11.1. The summed E-state index contributed by atoms with van der Waals surface area (Å²) in [6.07, 6.45) is 7.91. The maximum atomic E-state index is 11.5. The third kappa shape index (κ3) is 3.93. The second-order valence-corrected chi connectivity index (χ2v) is 3.92. The summed E-state index contributed by atoms with van der Waals surface area (Å²) in [6.45, 7) is 4.69. The molecule has 1 aliphatic rings. The van der Waals surface area contributed by atoms with Gasteiger partial charge in [-0.3, -0.25) is 4.79 Å². The molecule has 0 aromatic heterocycles. The first kappa shape index (κ1) is 12.1. The molecule has 15 heavy (non-hydrogen) atoms. The van der Waals surface area contributed by atoms with Gasteiger partial charge in [0.1, 0.15) is 6.61 Å². The van der Waals surface area contributed by atoms with Crippen molar-refractivity contribution in [1.82, 2.24) is 4.90 Å². The van der Waals surface area contributed by atoms with Crippen molar-refractivity contribution < 1.29 is 9.53 Å². The van der Waals surface area contributed by atoms with Crippen molar-refractivity contribution in [2.75, 3.05) is 26.3 Å². The second-order valence-electron chi connectivity index (χ2n) is 3.92. The third-order valence-electron chi connectivity index (χ3n) is 2.71. The molecule has 1 atom stereocenters. The summed E-state index contributed by atoms with van der Waals surface area (Å²) < 4.78 is 5.31. The molecule has 84 valence electrons. The van der Waals surface area contributed by atoms with Crippen LogP contribution in [0.5, 0.6) is 0 Å². The molecule has 0 N–H and O–H groups in total. The number of likely N-dealkylation sites (tertiary alicyclic amines) is 1. The molecule has 1 saturated heterocycles. The second kappa shape index (κ2) is 6.47. The van der Waals surface area contributed by atoms with Gasteiger partial charge in [0.25, 0.3) is 0 Å². The van der Waals surface area contributed by atoms with E-state index >= 15 is 0 Å². The van der Waals surface area contributed by atoms with E-state index in [1.165, 1.54) is 0 Å². The number of ether oxygens (including phenoxy) is 1. The Kier molecular flexibility index (Phi) is 5.20. The van der Waals surface area contributed by atoms with E-state index < -0.39 is 0 Å². The number of carbonyl (C=O) groups is 1. The normalized spacial score (nSPS) is 21.1. The highest BCUT2D eigenvalue weighted by molar-refractivity contribution is 5.75. The number of piperidine rings is 1. The molecule has 1 heterocycles. The largest absolute Gasteiger partial charge is 0.368 e. The number of hydrogen-bond donors (Lipinski definition) is 0. The maximum Gasteiger partial charge on any atom is 0.222 e. The third-order valence-corrected chi connectivity index (χ3v) is 2.71. The lowest BCUT2D eigenvalue weighted by Crippen LogP contribution is -2.40. The van der Waals surface area contributed by atoms with E-state index in [1.54, 1.807) is 0 Å². The summed E-state index contributed by atoms with van der Waals surface area (Å²) in [7, 11) is 0. The SMILES string of the molecule is C#CCOCC1CCCN(C(=O)CC)C1. The van der Waals surface area contributed by atoms with Crippen LogP contribution in [0.25, 0.3) is 0 Å². The summed E-state index contributed by atoms with van der Waals surface area (Å²) in [4.78, 5) is 13.4. The Labute approximate surface area is 91.8 Å². The predicted octanol–water partition coefficient (Wildman–Crippen LogP) is 1.28. The van der Waals surface area contributed by atoms with Crippen molar-refractivity contribution in [2.24, 2.45) is 5.92 Å². The molecule has 1 fully saturated rings. The molecular weight excluding hydrogens is 190 g/mol. The molecule has 0 radical (unpaired) electrons. The smallest absolute Gasteiger partial charge is 0.222 e. The summed E-state index contributed by atoms with van der Waals surface area (Å²) in [6, 6.07) is 0. The van der Waals surface area contributed by atoms with E-state index in [0.717, 1.165) is 25.9 Å². The molecule has 3 heteroatoms. The van der Waals surface area contributed by atoms with E-state index in [2.05, 4.69) is 5.92 Å². The van der Waals surface area contributed by atoms with Gasteiger partial charge in [0, 0.05) is 19.5 Å². The number of amides is 1. The molecule has 1 unspecified atom stereocenters. The van der Waals surface area contributed by atoms with Crippen LogP contribution in [0.3, 0.4) is 0 Å². The van der Waals surface area contributed by atoms with Crippen LogP contribution in [0.15, 0.2) is 0 Å². The van der Waals surface area contributed by atoms with Gasteiger partial charge in [-0.15, -0.1) is 6.42 Å². The average Bonchev–Trinajstić information content (AvgIpc) is 2.29. The van der Waals surface area contributed by atoms with Gasteiger partial charge in [-0.05, 0) is 18.8 Å². The first-order valence-electron chi connectivity index (χ1n) is 5.57. The van der Waals surface area contributed by atoms with E-state index in [0.29, 0.717) is 25.6 Å². The topological polar surface area (TPSA) is 29.5 Å². The number of nitrogens with zero attached hydrogens (tertiary/aromatic N) is 1. The average molecular weight is 209 g/mol. The van der Waals surface area contributed by atoms with Crippen LogP contribution in [-0.4, -0.2) is 37.1 Å². The Morgan fingerprint density at radius 3 is 3.13 bits per heavy atom. The number of rotatable bonds is 4. The van der Waals surface area contributed by atoms with E-state index in [4.69, 9.17) is 11.2 Å². The minimum atomic E-state index is 0.247. The van der Waals surface area contributed by atoms with Crippen LogP contribution >= 0.6 is 0 Å². The highest BCUT2D eigenvalue weighted by Crippen LogP contribution is 2.17. The monoisotopic (exact) mass is 209 g/mol. The zero-order valence-electron chi connectivity index (χ0n) is 9.37. The molecule has 1 amide bonds. The van der Waals surface area contributed by atoms with Crippen LogP contribution < -0.4 is 0 Å². The van der Waals surface area contributed by atoms with Crippen LogP contribution in [0.1, 0.15) is 26.2 Å². The highest BCUT2D eigenvalue weighted by Gasteiger charge is 2.22. The number of hydrogen-bond acceptors (Lipinski definition) is 2. The molecule has 0 bridgehead atoms. The van der Waals surface area contributed by atoms with Gasteiger partial charge in [0.05, 0.1) is 6.61 Å². The van der Waals surface area contributed by atoms with Crippen molar-refractivity contribution in [1.29, 1.82) is 0 Å². The molecule has 1 rings (SSSR count). The van der Waals surface area contributed by atoms with Crippen molar-refractivity contribution in [3.63, 3.8) is 0 Å². The van der Waals surface area contributed by atoms with E-state index in [9.17, 15) is 4.79 Å². The van der Waals surface area contributed by atoms with Crippen molar-refractivity contribution in [3.05, 3.63) is 0 Å². The quantitative estimate of drug-likeness (QED) is 0.515. The Balaban J connectivity index is 2.29. The minimum Gasteiger partial charge on any atom is -0.368 e. The first-order chi connectivity index (χ1) is 7.27. The molecular formula is C12H19NO2. The summed E-state index contributed by atoms with van der Waals surface area (Å²) in [5, 5.41) is 0. The molecule has 0 aliphatic carbocycles. The van der Waals surface area contributed by atoms with Crippen LogP contribution in [0, 0.1) is 18.3 Å². The van der Waals surface area contributed by atoms with E-state index in [-0.39, 0.29) is 5.91 Å². The molecule has 0 aromatic rings. The lowest BCUT2D eigenvalue weighted by atomic mass is 9.99. The molecule has 0 aromatic carbocycles. The molecule has 0 saturated carbocycles. The predicted molar refractivity (Wildman–Crippen MR) is 59.2 cm³/mol. The number of carbonyl (C=O) groups excluding carboxylic acids is 1. The van der Waals surface area contributed by atoms with Gasteiger partial charge in [0.2, 0.25) is 5.91 Å². The van der Waals surface area contributed by atoms with Crippen LogP contribution in [0.4, 0.5) is 0 Å². The van der Waals surface area contributed by atoms with Gasteiger partial charge in [-0.2, -0.15) is 0 Å². The zero-order valence-corrected chi connectivity index (χ0v) is 9.37. The Bertz CT molecular complexity index is 244. The number of terminal acetylenes is 1. The van der Waals surface area contributed by atoms with Gasteiger partial charge in [-0.25, -0.2) is 0 Å². The Morgan fingerprint density at radius 1 is 1.67 bits per heavy atom. The van der Waals surface area contributed by atoms with Gasteiger partial charge in [-0.1, -0.05) is 12.8 Å². The Morgan fingerprint density at radius 2 is 2.47 bits per heavy atom. The lowest BCUT2D eigenvalue weighted by Gasteiger charge is -2.32. The summed E-state index contributed by atoms with van der Waals surface area (Å²) in [5.74, 6) is 3.16. The van der Waals surface area contributed by atoms with Crippen molar-refractivity contribution in [2.45, 2.75) is 26.2 Å². The van der Waals surface area contributed by atoms with Gasteiger partial charge < -0.3 is 9.64 Å². The van der Waals surface area contributed by atoms with Crippen LogP contribution in [0.2, 0.25) is 0 Å². The lowest BCUT2D eigenvalue weighted by molar-refractivity contribution is -0.133. The van der Waals surface area contributed by atoms with Crippen molar-refractivity contribution in [3.8, 4) is 12.3 Å². The van der Waals surface area contributed by atoms with Gasteiger partial charge >= 0.3 is 0 Å². The van der Waals surface area contributed by atoms with Crippen LogP contribution in [-0.2, 0) is 9.53 Å². The molecule has 1 aliphatic heterocycles. The summed E-state index contributed by atoms with van der Waals surface area (Å²) >= 11 is 0. The fourth-order valence-electron chi connectivity index (χ4n) is 1.94. The molecule has 3 nitrogen and oxygen atoms in total. The minimum absolute atomic E-state index is 0.247. The summed E-state index contributed by atoms with van der Waals surface area (Å²) in [5.41, 5.74) is 0. The Hall–Kier alpha value is -1.01. The van der Waals surface area contributed by atoms with E-state index in [1.807, 2.05) is 11.8 Å². The highest BCUT2D eigenvalue weighted by atomic mass is 16.5. The van der Waals surface area contributed by atoms with Gasteiger partial charge in [0.15, 0.2) is 0 Å². The standard InChI is InChI=1S/C12H19NO2/c1-3-8-15-10-11-6-5-7-13(9-11)12(14)4-2/h1,11H,4-10H2,2H3.